The molecule has 0 aliphatic heterocycles. The number of urea groups is 1. The van der Waals surface area contributed by atoms with Crippen LogP contribution in [0.4, 0.5) is 10.5 Å². The predicted molar refractivity (Wildman–Crippen MR) is 100 cm³/mol. The van der Waals surface area contributed by atoms with Crippen LogP contribution in [-0.4, -0.2) is 18.0 Å². The maximum Gasteiger partial charge on any atom is 0.319 e. The zero-order chi connectivity index (χ0) is 18.2. The molecule has 0 saturated carbocycles. The molecule has 0 aromatic heterocycles. The minimum atomic E-state index is -0.228. The molecule has 0 aliphatic carbocycles. The number of carbonyl (C=O) groups is 2. The summed E-state index contributed by atoms with van der Waals surface area (Å²) in [5.41, 5.74) is 3.85. The minimum Gasteiger partial charge on any atom is -0.352 e. The SMILES string of the molecule is Cc1ccccc1CC(=O)NCc1ccc(NC(=O)NC(C)C)cc1. The number of hydrogen-bond acceptors (Lipinski definition) is 2. The fourth-order valence-corrected chi connectivity index (χ4v) is 2.38. The normalized spacial score (nSPS) is 10.4. The summed E-state index contributed by atoms with van der Waals surface area (Å²) >= 11 is 0. The van der Waals surface area contributed by atoms with Gasteiger partial charge < -0.3 is 16.0 Å². The standard InChI is InChI=1S/C20H25N3O2/c1-14(2)22-20(25)23-18-10-8-16(9-11-18)13-21-19(24)12-17-7-5-4-6-15(17)3/h4-11,14H,12-13H2,1-3H3,(H,21,24)(H2,22,23,25). The van der Waals surface area contributed by atoms with Crippen LogP contribution in [-0.2, 0) is 17.8 Å². The van der Waals surface area contributed by atoms with Crippen LogP contribution in [0.15, 0.2) is 48.5 Å². The van der Waals surface area contributed by atoms with E-state index in [9.17, 15) is 9.59 Å². The topological polar surface area (TPSA) is 70.2 Å². The Hall–Kier alpha value is -2.82. The molecule has 3 amide bonds. The summed E-state index contributed by atoms with van der Waals surface area (Å²) in [7, 11) is 0. The van der Waals surface area contributed by atoms with Gasteiger partial charge in [-0.25, -0.2) is 4.79 Å². The van der Waals surface area contributed by atoms with Crippen molar-refractivity contribution >= 4 is 17.6 Å². The van der Waals surface area contributed by atoms with Crippen LogP contribution in [0.1, 0.15) is 30.5 Å². The van der Waals surface area contributed by atoms with Crippen LogP contribution in [0.25, 0.3) is 0 Å². The van der Waals surface area contributed by atoms with Gasteiger partial charge in [0.15, 0.2) is 0 Å². The average molecular weight is 339 g/mol. The fourth-order valence-electron chi connectivity index (χ4n) is 2.38. The maximum absolute atomic E-state index is 12.1. The van der Waals surface area contributed by atoms with Gasteiger partial charge >= 0.3 is 6.03 Å². The van der Waals surface area contributed by atoms with Gasteiger partial charge in [-0.05, 0) is 49.6 Å². The largest absolute Gasteiger partial charge is 0.352 e. The lowest BCUT2D eigenvalue weighted by molar-refractivity contribution is -0.120. The number of anilines is 1. The summed E-state index contributed by atoms with van der Waals surface area (Å²) in [5.74, 6) is -0.00665. The van der Waals surface area contributed by atoms with E-state index in [0.29, 0.717) is 18.7 Å². The lowest BCUT2D eigenvalue weighted by Crippen LogP contribution is -2.34. The zero-order valence-electron chi connectivity index (χ0n) is 14.9. The number of rotatable bonds is 6. The third-order valence-corrected chi connectivity index (χ3v) is 3.73. The van der Waals surface area contributed by atoms with Crippen molar-refractivity contribution in [2.75, 3.05) is 5.32 Å². The predicted octanol–water partition coefficient (Wildman–Crippen LogP) is 3.38. The van der Waals surface area contributed by atoms with Crippen LogP contribution in [0.3, 0.4) is 0 Å². The first-order valence-corrected chi connectivity index (χ1v) is 8.41. The molecular formula is C20H25N3O2. The van der Waals surface area contributed by atoms with E-state index in [0.717, 1.165) is 16.7 Å². The lowest BCUT2D eigenvalue weighted by atomic mass is 10.1. The summed E-state index contributed by atoms with van der Waals surface area (Å²) in [6, 6.07) is 15.2. The van der Waals surface area contributed by atoms with E-state index in [4.69, 9.17) is 0 Å². The quantitative estimate of drug-likeness (QED) is 0.755. The number of benzene rings is 2. The van der Waals surface area contributed by atoms with Gasteiger partial charge in [0.1, 0.15) is 0 Å². The fraction of sp³-hybridized carbons (Fsp3) is 0.300. The second-order valence-electron chi connectivity index (χ2n) is 6.33. The smallest absolute Gasteiger partial charge is 0.319 e. The molecular weight excluding hydrogens is 314 g/mol. The third-order valence-electron chi connectivity index (χ3n) is 3.73. The van der Waals surface area contributed by atoms with E-state index in [1.54, 1.807) is 0 Å². The molecule has 3 N–H and O–H groups in total. The van der Waals surface area contributed by atoms with Crippen molar-refractivity contribution in [2.45, 2.75) is 39.8 Å². The van der Waals surface area contributed by atoms with Gasteiger partial charge in [0.2, 0.25) is 5.91 Å². The highest BCUT2D eigenvalue weighted by Crippen LogP contribution is 2.10. The minimum absolute atomic E-state index is 0.00665. The molecule has 5 heteroatoms. The molecule has 2 rings (SSSR count). The first kappa shape index (κ1) is 18.5. The molecule has 0 atom stereocenters. The first-order chi connectivity index (χ1) is 11.9. The summed E-state index contributed by atoms with van der Waals surface area (Å²) in [6.45, 7) is 6.28. The van der Waals surface area contributed by atoms with Crippen molar-refractivity contribution < 1.29 is 9.59 Å². The summed E-state index contributed by atoms with van der Waals surface area (Å²) in [5, 5.41) is 8.46. The molecule has 132 valence electrons. The van der Waals surface area contributed by atoms with Crippen molar-refractivity contribution in [1.82, 2.24) is 10.6 Å². The Morgan fingerprint density at radius 2 is 1.68 bits per heavy atom. The Balaban J connectivity index is 1.82. The van der Waals surface area contributed by atoms with Crippen LogP contribution in [0.2, 0.25) is 0 Å². The van der Waals surface area contributed by atoms with E-state index in [1.807, 2.05) is 69.3 Å². The second-order valence-corrected chi connectivity index (χ2v) is 6.33. The van der Waals surface area contributed by atoms with Crippen molar-refractivity contribution in [3.05, 3.63) is 65.2 Å². The highest BCUT2D eigenvalue weighted by Gasteiger charge is 2.06. The Morgan fingerprint density at radius 3 is 2.32 bits per heavy atom. The molecule has 0 fully saturated rings. The van der Waals surface area contributed by atoms with E-state index < -0.39 is 0 Å². The van der Waals surface area contributed by atoms with Crippen molar-refractivity contribution in [1.29, 1.82) is 0 Å². The van der Waals surface area contributed by atoms with E-state index in [1.165, 1.54) is 0 Å². The highest BCUT2D eigenvalue weighted by atomic mass is 16.2. The number of carbonyl (C=O) groups excluding carboxylic acids is 2. The summed E-state index contributed by atoms with van der Waals surface area (Å²) in [4.78, 5) is 23.7. The van der Waals surface area contributed by atoms with Crippen molar-refractivity contribution in [3.8, 4) is 0 Å². The van der Waals surface area contributed by atoms with E-state index in [-0.39, 0.29) is 18.0 Å². The third kappa shape index (κ3) is 6.30. The summed E-state index contributed by atoms with van der Waals surface area (Å²) in [6.07, 6.45) is 0.377. The average Bonchev–Trinajstić information content (AvgIpc) is 2.55. The molecule has 2 aromatic carbocycles. The molecule has 5 nitrogen and oxygen atoms in total. The zero-order valence-corrected chi connectivity index (χ0v) is 14.9. The van der Waals surface area contributed by atoms with E-state index >= 15 is 0 Å². The van der Waals surface area contributed by atoms with Crippen LogP contribution >= 0.6 is 0 Å². The Morgan fingerprint density at radius 1 is 1.00 bits per heavy atom. The van der Waals surface area contributed by atoms with Gasteiger partial charge in [0.05, 0.1) is 6.42 Å². The summed E-state index contributed by atoms with van der Waals surface area (Å²) < 4.78 is 0. The lowest BCUT2D eigenvalue weighted by Gasteiger charge is -2.11. The molecule has 0 spiro atoms. The maximum atomic E-state index is 12.1. The van der Waals surface area contributed by atoms with Gasteiger partial charge in [-0.15, -0.1) is 0 Å². The molecule has 2 aromatic rings. The molecule has 0 heterocycles. The second kappa shape index (κ2) is 8.87. The van der Waals surface area contributed by atoms with Gasteiger partial charge in [-0.1, -0.05) is 36.4 Å². The molecule has 25 heavy (non-hydrogen) atoms. The van der Waals surface area contributed by atoms with Crippen LogP contribution < -0.4 is 16.0 Å². The number of amides is 3. The van der Waals surface area contributed by atoms with Gasteiger partial charge in [-0.2, -0.15) is 0 Å². The van der Waals surface area contributed by atoms with Crippen LogP contribution in [0.5, 0.6) is 0 Å². The number of aryl methyl sites for hydroxylation is 1. The molecule has 0 bridgehead atoms. The highest BCUT2D eigenvalue weighted by molar-refractivity contribution is 5.89. The monoisotopic (exact) mass is 339 g/mol. The number of nitrogens with one attached hydrogen (secondary N) is 3. The van der Waals surface area contributed by atoms with Gasteiger partial charge in [-0.3, -0.25) is 4.79 Å². The molecule has 0 unspecified atom stereocenters. The van der Waals surface area contributed by atoms with Gasteiger partial charge in [0.25, 0.3) is 0 Å². The Labute approximate surface area is 148 Å². The van der Waals surface area contributed by atoms with Crippen LogP contribution in [0, 0.1) is 6.92 Å². The Bertz CT molecular complexity index is 724. The molecule has 0 aliphatic rings. The first-order valence-electron chi connectivity index (χ1n) is 8.41. The molecule has 0 radical (unpaired) electrons. The van der Waals surface area contributed by atoms with E-state index in [2.05, 4.69) is 16.0 Å². The van der Waals surface area contributed by atoms with Gasteiger partial charge in [0, 0.05) is 18.3 Å². The van der Waals surface area contributed by atoms with Crippen molar-refractivity contribution in [2.24, 2.45) is 0 Å². The molecule has 0 saturated heterocycles. The van der Waals surface area contributed by atoms with Crippen molar-refractivity contribution in [3.63, 3.8) is 0 Å². The number of hydrogen-bond donors (Lipinski definition) is 3. The Kier molecular flexibility index (Phi) is 6.57.